The van der Waals surface area contributed by atoms with Crippen LogP contribution in [-0.2, 0) is 17.7 Å². The molecular weight excluding hydrogens is 226 g/mol. The highest BCUT2D eigenvalue weighted by Gasteiger charge is 2.00. The van der Waals surface area contributed by atoms with E-state index in [2.05, 4.69) is 17.2 Å². The Morgan fingerprint density at radius 3 is 3.00 bits per heavy atom. The molecule has 0 radical (unpaired) electrons. The molecule has 0 aromatic carbocycles. The topological polar surface area (TPSA) is 39.9 Å². The molecule has 0 aliphatic rings. The van der Waals surface area contributed by atoms with Crippen molar-refractivity contribution in [3.63, 3.8) is 0 Å². The Balaban J connectivity index is 2.14. The molecule has 0 saturated carbocycles. The fourth-order valence-corrected chi connectivity index (χ4v) is 1.45. The molecule has 0 aliphatic carbocycles. The monoisotopic (exact) mass is 245 g/mol. The molecule has 1 aromatic heterocycles. The molecule has 1 heterocycles. The van der Waals surface area contributed by atoms with Gasteiger partial charge in [0.05, 0.1) is 18.8 Å². The summed E-state index contributed by atoms with van der Waals surface area (Å²) in [6, 6.07) is 0. The zero-order chi connectivity index (χ0) is 11.6. The SMILES string of the molecule is CCCCOCCn1cc(CCCCl)nn1. The second-order valence-corrected chi connectivity index (χ2v) is 4.11. The second kappa shape index (κ2) is 8.53. The molecular formula is C11H20ClN3O. The van der Waals surface area contributed by atoms with Crippen LogP contribution in [0.2, 0.25) is 0 Å². The molecule has 0 bridgehead atoms. The molecule has 0 atom stereocenters. The third-order valence-corrected chi connectivity index (χ3v) is 2.53. The zero-order valence-corrected chi connectivity index (χ0v) is 10.6. The van der Waals surface area contributed by atoms with E-state index in [0.29, 0.717) is 12.5 Å². The van der Waals surface area contributed by atoms with E-state index in [9.17, 15) is 0 Å². The first-order valence-electron chi connectivity index (χ1n) is 5.89. The normalized spacial score (nSPS) is 10.9. The van der Waals surface area contributed by atoms with Crippen molar-refractivity contribution in [2.24, 2.45) is 0 Å². The molecule has 0 spiro atoms. The Morgan fingerprint density at radius 1 is 1.38 bits per heavy atom. The number of rotatable bonds is 9. The number of ether oxygens (including phenoxy) is 1. The quantitative estimate of drug-likeness (QED) is 0.495. The van der Waals surface area contributed by atoms with E-state index in [1.54, 1.807) is 0 Å². The van der Waals surface area contributed by atoms with E-state index in [1.807, 2.05) is 10.9 Å². The molecule has 5 heteroatoms. The van der Waals surface area contributed by atoms with Crippen molar-refractivity contribution >= 4 is 11.6 Å². The van der Waals surface area contributed by atoms with Gasteiger partial charge in [0.2, 0.25) is 0 Å². The van der Waals surface area contributed by atoms with E-state index >= 15 is 0 Å². The Bertz CT molecular complexity index is 278. The summed E-state index contributed by atoms with van der Waals surface area (Å²) in [6.07, 6.45) is 6.12. The summed E-state index contributed by atoms with van der Waals surface area (Å²) in [5, 5.41) is 8.10. The lowest BCUT2D eigenvalue weighted by Crippen LogP contribution is -2.07. The van der Waals surface area contributed by atoms with Gasteiger partial charge in [-0.1, -0.05) is 18.6 Å². The van der Waals surface area contributed by atoms with Crippen LogP contribution in [-0.4, -0.2) is 34.1 Å². The van der Waals surface area contributed by atoms with Gasteiger partial charge in [-0.3, -0.25) is 0 Å². The first-order valence-corrected chi connectivity index (χ1v) is 6.43. The van der Waals surface area contributed by atoms with E-state index < -0.39 is 0 Å². The fraction of sp³-hybridized carbons (Fsp3) is 0.818. The number of aromatic nitrogens is 3. The Kier molecular flexibility index (Phi) is 7.17. The molecule has 16 heavy (non-hydrogen) atoms. The van der Waals surface area contributed by atoms with Crippen LogP contribution in [0.3, 0.4) is 0 Å². The van der Waals surface area contributed by atoms with Crippen LogP contribution in [0.25, 0.3) is 0 Å². The fourth-order valence-electron chi connectivity index (χ4n) is 1.32. The van der Waals surface area contributed by atoms with Crippen molar-refractivity contribution in [2.45, 2.75) is 39.2 Å². The lowest BCUT2D eigenvalue weighted by atomic mass is 10.3. The molecule has 0 aliphatic heterocycles. The third kappa shape index (κ3) is 5.47. The van der Waals surface area contributed by atoms with E-state index in [4.69, 9.17) is 16.3 Å². The van der Waals surface area contributed by atoms with Gasteiger partial charge in [0.25, 0.3) is 0 Å². The van der Waals surface area contributed by atoms with E-state index in [0.717, 1.165) is 38.1 Å². The second-order valence-electron chi connectivity index (χ2n) is 3.73. The smallest absolute Gasteiger partial charge is 0.0827 e. The number of hydrogen-bond donors (Lipinski definition) is 0. The van der Waals surface area contributed by atoms with Gasteiger partial charge in [0.15, 0.2) is 0 Å². The van der Waals surface area contributed by atoms with Gasteiger partial charge in [0, 0.05) is 18.7 Å². The lowest BCUT2D eigenvalue weighted by molar-refractivity contribution is 0.120. The third-order valence-electron chi connectivity index (χ3n) is 2.26. The van der Waals surface area contributed by atoms with Crippen LogP contribution in [0.5, 0.6) is 0 Å². The van der Waals surface area contributed by atoms with Crippen LogP contribution >= 0.6 is 11.6 Å². The lowest BCUT2D eigenvalue weighted by Gasteiger charge is -2.02. The van der Waals surface area contributed by atoms with Crippen LogP contribution < -0.4 is 0 Å². The van der Waals surface area contributed by atoms with Gasteiger partial charge in [-0.25, -0.2) is 4.68 Å². The van der Waals surface area contributed by atoms with Crippen LogP contribution in [0, 0.1) is 0 Å². The van der Waals surface area contributed by atoms with E-state index in [1.165, 1.54) is 6.42 Å². The van der Waals surface area contributed by atoms with Gasteiger partial charge in [-0.15, -0.1) is 16.7 Å². The maximum atomic E-state index is 5.62. The number of unbranched alkanes of at least 4 members (excludes halogenated alkanes) is 1. The molecule has 1 rings (SSSR count). The van der Waals surface area contributed by atoms with Gasteiger partial charge < -0.3 is 4.74 Å². The number of hydrogen-bond acceptors (Lipinski definition) is 3. The highest BCUT2D eigenvalue weighted by molar-refractivity contribution is 6.17. The summed E-state index contributed by atoms with van der Waals surface area (Å²) in [5.74, 6) is 0.674. The first kappa shape index (κ1) is 13.5. The van der Waals surface area contributed by atoms with Crippen molar-refractivity contribution in [3.8, 4) is 0 Å². The number of halogens is 1. The summed E-state index contributed by atoms with van der Waals surface area (Å²) < 4.78 is 7.29. The van der Waals surface area contributed by atoms with Gasteiger partial charge in [-0.2, -0.15) is 0 Å². The van der Waals surface area contributed by atoms with Crippen molar-refractivity contribution in [3.05, 3.63) is 11.9 Å². The minimum Gasteiger partial charge on any atom is -0.380 e. The Labute approximate surface area is 102 Å². The molecule has 92 valence electrons. The van der Waals surface area contributed by atoms with E-state index in [-0.39, 0.29) is 0 Å². The largest absolute Gasteiger partial charge is 0.380 e. The standard InChI is InChI=1S/C11H20ClN3O/c1-2-3-8-16-9-7-15-10-11(13-14-15)5-4-6-12/h10H,2-9H2,1H3. The molecule has 0 N–H and O–H groups in total. The summed E-state index contributed by atoms with van der Waals surface area (Å²) in [6.45, 7) is 4.48. The molecule has 0 fully saturated rings. The minimum absolute atomic E-state index is 0.674. The molecule has 1 aromatic rings. The Hall–Kier alpha value is -0.610. The summed E-state index contributed by atoms with van der Waals surface area (Å²) in [7, 11) is 0. The van der Waals surface area contributed by atoms with Crippen molar-refractivity contribution in [2.75, 3.05) is 19.1 Å². The highest BCUT2D eigenvalue weighted by atomic mass is 35.5. The van der Waals surface area contributed by atoms with Gasteiger partial charge >= 0.3 is 0 Å². The zero-order valence-electron chi connectivity index (χ0n) is 9.86. The van der Waals surface area contributed by atoms with Gasteiger partial charge in [0.1, 0.15) is 0 Å². The summed E-state index contributed by atoms with van der Waals surface area (Å²) >= 11 is 5.62. The van der Waals surface area contributed by atoms with Crippen molar-refractivity contribution < 1.29 is 4.74 Å². The minimum atomic E-state index is 0.674. The maximum absolute atomic E-state index is 5.62. The predicted molar refractivity (Wildman–Crippen MR) is 64.8 cm³/mol. The molecule has 0 unspecified atom stereocenters. The van der Waals surface area contributed by atoms with Crippen LogP contribution in [0.1, 0.15) is 31.9 Å². The molecule has 4 nitrogen and oxygen atoms in total. The van der Waals surface area contributed by atoms with Crippen molar-refractivity contribution in [1.82, 2.24) is 15.0 Å². The average molecular weight is 246 g/mol. The number of alkyl halides is 1. The Morgan fingerprint density at radius 2 is 2.25 bits per heavy atom. The predicted octanol–water partition coefficient (Wildman–Crippen LogP) is 2.27. The summed E-state index contributed by atoms with van der Waals surface area (Å²) in [5.41, 5.74) is 1.01. The number of nitrogens with zero attached hydrogens (tertiary/aromatic N) is 3. The van der Waals surface area contributed by atoms with Crippen LogP contribution in [0.15, 0.2) is 6.20 Å². The molecule has 0 saturated heterocycles. The maximum Gasteiger partial charge on any atom is 0.0827 e. The average Bonchev–Trinajstić information content (AvgIpc) is 2.74. The van der Waals surface area contributed by atoms with Crippen LogP contribution in [0.4, 0.5) is 0 Å². The first-order chi connectivity index (χ1) is 7.86. The van der Waals surface area contributed by atoms with Gasteiger partial charge in [-0.05, 0) is 19.3 Å². The molecule has 0 amide bonds. The van der Waals surface area contributed by atoms with Crippen molar-refractivity contribution in [1.29, 1.82) is 0 Å². The highest BCUT2D eigenvalue weighted by Crippen LogP contribution is 1.99. The number of aryl methyl sites for hydroxylation is 1. The summed E-state index contributed by atoms with van der Waals surface area (Å²) in [4.78, 5) is 0.